The number of nitrogens with zero attached hydrogens (tertiary/aromatic N) is 2. The average Bonchev–Trinajstić information content (AvgIpc) is 3.11. The molecule has 3 aromatic rings. The maximum atomic E-state index is 12.4. The predicted molar refractivity (Wildman–Crippen MR) is 108 cm³/mol. The van der Waals surface area contributed by atoms with Crippen molar-refractivity contribution in [3.63, 3.8) is 0 Å². The molecule has 27 heavy (non-hydrogen) atoms. The predicted octanol–water partition coefficient (Wildman–Crippen LogP) is 4.82. The molecule has 6 nitrogen and oxygen atoms in total. The largest absolute Gasteiger partial charge is 0.411 e. The van der Waals surface area contributed by atoms with Crippen LogP contribution in [-0.4, -0.2) is 27.1 Å². The second-order valence-electron chi connectivity index (χ2n) is 5.76. The van der Waals surface area contributed by atoms with Crippen molar-refractivity contribution in [2.24, 2.45) is 0 Å². The second kappa shape index (κ2) is 8.49. The van der Waals surface area contributed by atoms with Crippen LogP contribution in [0.25, 0.3) is 11.5 Å². The number of carbonyl (C=O) groups excluding carboxylic acids is 2. The van der Waals surface area contributed by atoms with Gasteiger partial charge in [0.15, 0.2) is 5.78 Å². The molecular weight excluding hydrogens is 430 g/mol. The van der Waals surface area contributed by atoms with Crippen LogP contribution < -0.4 is 5.32 Å². The van der Waals surface area contributed by atoms with Gasteiger partial charge in [-0.2, -0.15) is 0 Å². The topological polar surface area (TPSA) is 85.1 Å². The molecule has 138 valence electrons. The Morgan fingerprint density at radius 1 is 1.07 bits per heavy atom. The van der Waals surface area contributed by atoms with E-state index in [9.17, 15) is 9.59 Å². The van der Waals surface area contributed by atoms with Gasteiger partial charge in [0.05, 0.1) is 5.25 Å². The van der Waals surface area contributed by atoms with Crippen molar-refractivity contribution >= 4 is 45.1 Å². The normalized spacial score (nSPS) is 11.8. The first-order chi connectivity index (χ1) is 12.9. The number of halogens is 1. The van der Waals surface area contributed by atoms with Crippen molar-refractivity contribution in [2.45, 2.75) is 24.3 Å². The molecule has 1 N–H and O–H groups in total. The second-order valence-corrected chi connectivity index (χ2v) is 7.97. The fourth-order valence-electron chi connectivity index (χ4n) is 2.20. The third-order valence-corrected chi connectivity index (χ3v) is 5.17. The molecule has 8 heteroatoms. The Kier molecular flexibility index (Phi) is 6.08. The summed E-state index contributed by atoms with van der Waals surface area (Å²) in [5.74, 6) is 0.186. The number of hydrogen-bond donors (Lipinski definition) is 1. The summed E-state index contributed by atoms with van der Waals surface area (Å²) in [4.78, 5) is 23.7. The third-order valence-electron chi connectivity index (χ3n) is 3.70. The molecule has 0 saturated heterocycles. The highest BCUT2D eigenvalue weighted by Crippen LogP contribution is 2.27. The van der Waals surface area contributed by atoms with Crippen LogP contribution in [0.4, 0.5) is 5.69 Å². The molecule has 1 amide bonds. The molecule has 2 aromatic carbocycles. The van der Waals surface area contributed by atoms with Crippen molar-refractivity contribution in [3.05, 3.63) is 58.6 Å². The molecule has 3 rings (SSSR count). The van der Waals surface area contributed by atoms with E-state index in [0.29, 0.717) is 22.4 Å². The maximum absolute atomic E-state index is 12.4. The Hall–Kier alpha value is -2.45. The van der Waals surface area contributed by atoms with Crippen LogP contribution in [0.15, 0.2) is 62.6 Å². The van der Waals surface area contributed by atoms with Gasteiger partial charge in [0.2, 0.25) is 11.8 Å². The summed E-state index contributed by atoms with van der Waals surface area (Å²) in [6.07, 6.45) is 0. The maximum Gasteiger partial charge on any atom is 0.277 e. The van der Waals surface area contributed by atoms with Crippen LogP contribution in [0.3, 0.4) is 0 Å². The lowest BCUT2D eigenvalue weighted by atomic mass is 10.1. The van der Waals surface area contributed by atoms with E-state index in [4.69, 9.17) is 4.42 Å². The summed E-state index contributed by atoms with van der Waals surface area (Å²) in [6, 6.07) is 14.3. The highest BCUT2D eigenvalue weighted by Gasteiger charge is 2.19. The standard InChI is InChI=1S/C19H16BrN3O3S/c1-11(24)13-5-9-16(10-6-13)21-17(25)12(2)27-19-23-22-18(26-19)14-3-7-15(20)8-4-14/h3-10,12H,1-2H3,(H,21,25). The zero-order chi connectivity index (χ0) is 19.4. The van der Waals surface area contributed by atoms with Crippen molar-refractivity contribution in [1.82, 2.24) is 10.2 Å². The van der Waals surface area contributed by atoms with Crippen LogP contribution >= 0.6 is 27.7 Å². The van der Waals surface area contributed by atoms with Gasteiger partial charge in [-0.25, -0.2) is 0 Å². The number of benzene rings is 2. The minimum Gasteiger partial charge on any atom is -0.411 e. The molecule has 1 aromatic heterocycles. The molecular formula is C19H16BrN3O3S. The summed E-state index contributed by atoms with van der Waals surface area (Å²) >= 11 is 4.56. The summed E-state index contributed by atoms with van der Waals surface area (Å²) in [6.45, 7) is 3.26. The van der Waals surface area contributed by atoms with Gasteiger partial charge in [0.25, 0.3) is 5.22 Å². The van der Waals surface area contributed by atoms with Crippen LogP contribution in [0, 0.1) is 0 Å². The fraction of sp³-hybridized carbons (Fsp3) is 0.158. The molecule has 0 spiro atoms. The number of carbonyl (C=O) groups is 2. The first kappa shape index (κ1) is 19.3. The van der Waals surface area contributed by atoms with Crippen molar-refractivity contribution in [3.8, 4) is 11.5 Å². The van der Waals surface area contributed by atoms with E-state index in [-0.39, 0.29) is 11.7 Å². The highest BCUT2D eigenvalue weighted by molar-refractivity contribution is 9.10. The van der Waals surface area contributed by atoms with E-state index in [0.717, 1.165) is 10.0 Å². The SMILES string of the molecule is CC(=O)c1ccc(NC(=O)C(C)Sc2nnc(-c3ccc(Br)cc3)o2)cc1. The van der Waals surface area contributed by atoms with E-state index in [2.05, 4.69) is 31.4 Å². The molecule has 0 aliphatic heterocycles. The van der Waals surface area contributed by atoms with Crippen molar-refractivity contribution in [2.75, 3.05) is 5.32 Å². The summed E-state index contributed by atoms with van der Waals surface area (Å²) in [5, 5.41) is 10.7. The third kappa shape index (κ3) is 5.05. The molecule has 0 fully saturated rings. The first-order valence-corrected chi connectivity index (χ1v) is 9.77. The molecule has 0 radical (unpaired) electrons. The van der Waals surface area contributed by atoms with E-state index >= 15 is 0 Å². The van der Waals surface area contributed by atoms with E-state index in [1.165, 1.54) is 18.7 Å². The van der Waals surface area contributed by atoms with Crippen molar-refractivity contribution < 1.29 is 14.0 Å². The Bertz CT molecular complexity index is 955. The molecule has 1 unspecified atom stereocenters. The lowest BCUT2D eigenvalue weighted by Gasteiger charge is -2.10. The number of hydrogen-bond acceptors (Lipinski definition) is 6. The van der Waals surface area contributed by atoms with Gasteiger partial charge in [0.1, 0.15) is 0 Å². The highest BCUT2D eigenvalue weighted by atomic mass is 79.9. The number of ketones is 1. The van der Waals surface area contributed by atoms with Gasteiger partial charge in [0, 0.05) is 21.3 Å². The Balaban J connectivity index is 1.61. The van der Waals surface area contributed by atoms with Gasteiger partial charge in [-0.15, -0.1) is 10.2 Å². The van der Waals surface area contributed by atoms with Crippen LogP contribution in [0.2, 0.25) is 0 Å². The monoisotopic (exact) mass is 445 g/mol. The van der Waals surface area contributed by atoms with E-state index < -0.39 is 5.25 Å². The summed E-state index contributed by atoms with van der Waals surface area (Å²) < 4.78 is 6.59. The molecule has 0 saturated carbocycles. The minimum atomic E-state index is -0.435. The Morgan fingerprint density at radius 3 is 2.37 bits per heavy atom. The zero-order valence-electron chi connectivity index (χ0n) is 14.6. The lowest BCUT2D eigenvalue weighted by Crippen LogP contribution is -2.22. The van der Waals surface area contributed by atoms with Gasteiger partial charge < -0.3 is 9.73 Å². The Morgan fingerprint density at radius 2 is 1.74 bits per heavy atom. The lowest BCUT2D eigenvalue weighted by molar-refractivity contribution is -0.115. The van der Waals surface area contributed by atoms with Gasteiger partial charge in [-0.3, -0.25) is 9.59 Å². The summed E-state index contributed by atoms with van der Waals surface area (Å²) in [7, 11) is 0. The molecule has 0 aliphatic rings. The van der Waals surface area contributed by atoms with E-state index in [1.54, 1.807) is 31.2 Å². The van der Waals surface area contributed by atoms with Crippen molar-refractivity contribution in [1.29, 1.82) is 0 Å². The van der Waals surface area contributed by atoms with Crippen LogP contribution in [0.1, 0.15) is 24.2 Å². The van der Waals surface area contributed by atoms with Crippen LogP contribution in [-0.2, 0) is 4.79 Å². The zero-order valence-corrected chi connectivity index (χ0v) is 17.0. The number of thioether (sulfide) groups is 1. The number of rotatable bonds is 6. The molecule has 0 aliphatic carbocycles. The van der Waals surface area contributed by atoms with Crippen LogP contribution in [0.5, 0.6) is 0 Å². The number of amides is 1. The number of nitrogens with one attached hydrogen (secondary N) is 1. The number of Topliss-reactive ketones (excluding diaryl/α,β-unsaturated/α-hetero) is 1. The van der Waals surface area contributed by atoms with Gasteiger partial charge >= 0.3 is 0 Å². The quantitative estimate of drug-likeness (QED) is 0.432. The molecule has 0 bridgehead atoms. The van der Waals surface area contributed by atoms with Gasteiger partial charge in [-0.05, 0) is 62.4 Å². The number of aromatic nitrogens is 2. The molecule has 1 atom stereocenters. The smallest absolute Gasteiger partial charge is 0.277 e. The number of anilines is 1. The average molecular weight is 446 g/mol. The first-order valence-electron chi connectivity index (χ1n) is 8.10. The van der Waals surface area contributed by atoms with Gasteiger partial charge in [-0.1, -0.05) is 27.7 Å². The van der Waals surface area contributed by atoms with E-state index in [1.807, 2.05) is 24.3 Å². The summed E-state index contributed by atoms with van der Waals surface area (Å²) in [5.41, 5.74) is 2.03. The molecule has 1 heterocycles. The Labute approximate surface area is 168 Å². The minimum absolute atomic E-state index is 0.0187. The fourth-order valence-corrected chi connectivity index (χ4v) is 3.15.